The van der Waals surface area contributed by atoms with Gasteiger partial charge in [-0.25, -0.2) is 0 Å². The van der Waals surface area contributed by atoms with E-state index in [1.165, 1.54) is 18.4 Å². The van der Waals surface area contributed by atoms with Gasteiger partial charge >= 0.3 is 0 Å². The fourth-order valence-electron chi connectivity index (χ4n) is 3.49. The van der Waals surface area contributed by atoms with Crippen molar-refractivity contribution in [3.63, 3.8) is 0 Å². The third-order valence-corrected chi connectivity index (χ3v) is 4.86. The van der Waals surface area contributed by atoms with Crippen LogP contribution in [0.15, 0.2) is 24.3 Å². The molecule has 1 aromatic rings. The van der Waals surface area contributed by atoms with Crippen LogP contribution >= 0.6 is 0 Å². The van der Waals surface area contributed by atoms with E-state index in [9.17, 15) is 9.59 Å². The summed E-state index contributed by atoms with van der Waals surface area (Å²) in [4.78, 5) is 24.4. The molecule has 0 unspecified atom stereocenters. The van der Waals surface area contributed by atoms with Crippen LogP contribution in [0.4, 0.5) is 5.69 Å². The van der Waals surface area contributed by atoms with Crippen LogP contribution in [0.5, 0.6) is 0 Å². The van der Waals surface area contributed by atoms with Crippen molar-refractivity contribution in [2.24, 2.45) is 0 Å². The Labute approximate surface area is 137 Å². The van der Waals surface area contributed by atoms with Crippen molar-refractivity contribution < 1.29 is 9.59 Å². The van der Waals surface area contributed by atoms with Crippen LogP contribution in [-0.4, -0.2) is 29.9 Å². The van der Waals surface area contributed by atoms with Gasteiger partial charge in [0.25, 0.3) is 0 Å². The summed E-state index contributed by atoms with van der Waals surface area (Å²) < 4.78 is 0. The number of fused-ring (bicyclic) bond motifs is 1. The summed E-state index contributed by atoms with van der Waals surface area (Å²) in [6, 6.07) is 7.94. The first kappa shape index (κ1) is 16.0. The lowest BCUT2D eigenvalue weighted by atomic mass is 9.87. The monoisotopic (exact) mass is 315 g/mol. The first-order valence-corrected chi connectivity index (χ1v) is 8.61. The molecule has 0 spiro atoms. The molecule has 23 heavy (non-hydrogen) atoms. The van der Waals surface area contributed by atoms with Crippen molar-refractivity contribution in [1.82, 2.24) is 10.6 Å². The number of benzene rings is 1. The van der Waals surface area contributed by atoms with Crippen LogP contribution in [0.2, 0.25) is 0 Å². The molecule has 124 valence electrons. The molecule has 3 atom stereocenters. The molecule has 3 rings (SSSR count). The molecule has 0 radical (unpaired) electrons. The Balaban J connectivity index is 1.55. The second-order valence-electron chi connectivity index (χ2n) is 6.53. The molecule has 2 fully saturated rings. The van der Waals surface area contributed by atoms with Gasteiger partial charge in [0.05, 0.1) is 12.5 Å². The molecule has 1 aromatic carbocycles. The molecule has 5 nitrogen and oxygen atoms in total. The Bertz CT molecular complexity index is 570. The number of rotatable bonds is 4. The summed E-state index contributed by atoms with van der Waals surface area (Å²) in [5.41, 5.74) is 2.01. The fraction of sp³-hybridized carbons (Fsp3) is 0.556. The SMILES string of the molecule is CCc1ccc(NC(=O)C[C@@H]2N[C@@H]3CCCC[C@@H]3NC2=O)cc1. The topological polar surface area (TPSA) is 70.2 Å². The summed E-state index contributed by atoms with van der Waals surface area (Å²) in [6.07, 6.45) is 5.61. The van der Waals surface area contributed by atoms with E-state index in [1.807, 2.05) is 24.3 Å². The number of amides is 2. The number of anilines is 1. The van der Waals surface area contributed by atoms with Crippen LogP contribution in [0.1, 0.15) is 44.6 Å². The van der Waals surface area contributed by atoms with E-state index in [0.717, 1.165) is 24.9 Å². The van der Waals surface area contributed by atoms with Crippen LogP contribution in [0.25, 0.3) is 0 Å². The highest BCUT2D eigenvalue weighted by atomic mass is 16.2. The molecule has 1 saturated heterocycles. The van der Waals surface area contributed by atoms with Gasteiger partial charge < -0.3 is 16.0 Å². The molecular weight excluding hydrogens is 290 g/mol. The highest BCUT2D eigenvalue weighted by Crippen LogP contribution is 2.22. The van der Waals surface area contributed by atoms with Crippen LogP contribution in [0.3, 0.4) is 0 Å². The molecule has 5 heteroatoms. The summed E-state index contributed by atoms with van der Waals surface area (Å²) in [5, 5.41) is 9.31. The van der Waals surface area contributed by atoms with Gasteiger partial charge in [0, 0.05) is 17.8 Å². The van der Waals surface area contributed by atoms with Gasteiger partial charge in [-0.05, 0) is 37.0 Å². The molecule has 3 N–H and O–H groups in total. The number of hydrogen-bond acceptors (Lipinski definition) is 3. The van der Waals surface area contributed by atoms with E-state index in [4.69, 9.17) is 0 Å². The highest BCUT2D eigenvalue weighted by molar-refractivity contribution is 5.95. The lowest BCUT2D eigenvalue weighted by Gasteiger charge is -2.40. The van der Waals surface area contributed by atoms with E-state index < -0.39 is 6.04 Å². The van der Waals surface area contributed by atoms with Gasteiger partial charge in [0.15, 0.2) is 0 Å². The standard InChI is InChI=1S/C18H25N3O2/c1-2-12-7-9-13(10-8-12)19-17(22)11-16-18(23)21-15-6-4-3-5-14(15)20-16/h7-10,14-16,20H,2-6,11H2,1H3,(H,19,22)(H,21,23)/t14-,15+,16+/m1/s1. The molecule has 2 aliphatic rings. The average molecular weight is 315 g/mol. The van der Waals surface area contributed by atoms with E-state index in [1.54, 1.807) is 0 Å². The van der Waals surface area contributed by atoms with Gasteiger partial charge in [-0.15, -0.1) is 0 Å². The minimum absolute atomic E-state index is 0.0513. The number of carbonyl (C=O) groups excluding carboxylic acids is 2. The van der Waals surface area contributed by atoms with Gasteiger partial charge in [0.1, 0.15) is 0 Å². The van der Waals surface area contributed by atoms with Crippen LogP contribution < -0.4 is 16.0 Å². The Morgan fingerprint density at radius 1 is 1.17 bits per heavy atom. The second kappa shape index (κ2) is 7.13. The normalized spacial score (nSPS) is 27.0. The van der Waals surface area contributed by atoms with E-state index in [2.05, 4.69) is 22.9 Å². The van der Waals surface area contributed by atoms with E-state index in [0.29, 0.717) is 6.04 Å². The maximum Gasteiger partial charge on any atom is 0.237 e. The van der Waals surface area contributed by atoms with Gasteiger partial charge in [0.2, 0.25) is 11.8 Å². The van der Waals surface area contributed by atoms with Gasteiger partial charge in [-0.3, -0.25) is 9.59 Å². The van der Waals surface area contributed by atoms with Crippen molar-refractivity contribution in [3.05, 3.63) is 29.8 Å². The summed E-state index contributed by atoms with van der Waals surface area (Å²) in [7, 11) is 0. The average Bonchev–Trinajstić information content (AvgIpc) is 2.56. The fourth-order valence-corrected chi connectivity index (χ4v) is 3.49. The first-order chi connectivity index (χ1) is 11.2. The summed E-state index contributed by atoms with van der Waals surface area (Å²) in [5.74, 6) is -0.180. The maximum absolute atomic E-state index is 12.2. The number of carbonyl (C=O) groups is 2. The largest absolute Gasteiger partial charge is 0.350 e. The molecule has 2 amide bonds. The maximum atomic E-state index is 12.2. The zero-order valence-corrected chi connectivity index (χ0v) is 13.6. The first-order valence-electron chi connectivity index (χ1n) is 8.61. The van der Waals surface area contributed by atoms with E-state index in [-0.39, 0.29) is 24.3 Å². The van der Waals surface area contributed by atoms with Crippen LogP contribution in [-0.2, 0) is 16.0 Å². The molecule has 1 saturated carbocycles. The number of piperazine rings is 1. The van der Waals surface area contributed by atoms with Crippen LogP contribution in [0, 0.1) is 0 Å². The predicted molar refractivity (Wildman–Crippen MR) is 90.2 cm³/mol. The zero-order chi connectivity index (χ0) is 16.2. The Hall–Kier alpha value is -1.88. The van der Waals surface area contributed by atoms with Gasteiger partial charge in [-0.2, -0.15) is 0 Å². The third-order valence-electron chi connectivity index (χ3n) is 4.86. The Morgan fingerprint density at radius 2 is 1.87 bits per heavy atom. The second-order valence-corrected chi connectivity index (χ2v) is 6.53. The zero-order valence-electron chi connectivity index (χ0n) is 13.6. The van der Waals surface area contributed by atoms with Crippen molar-refractivity contribution >= 4 is 17.5 Å². The van der Waals surface area contributed by atoms with Gasteiger partial charge in [-0.1, -0.05) is 31.9 Å². The summed E-state index contributed by atoms with van der Waals surface area (Å²) in [6.45, 7) is 2.10. The molecule has 0 bridgehead atoms. The highest BCUT2D eigenvalue weighted by Gasteiger charge is 2.36. The molecular formula is C18H25N3O2. The Kier molecular flexibility index (Phi) is 4.96. The van der Waals surface area contributed by atoms with Crippen molar-refractivity contribution in [2.75, 3.05) is 5.32 Å². The quantitative estimate of drug-likeness (QED) is 0.795. The number of hydrogen-bond donors (Lipinski definition) is 3. The van der Waals surface area contributed by atoms with Crippen molar-refractivity contribution in [3.8, 4) is 0 Å². The van der Waals surface area contributed by atoms with E-state index >= 15 is 0 Å². The summed E-state index contributed by atoms with van der Waals surface area (Å²) >= 11 is 0. The lowest BCUT2D eigenvalue weighted by molar-refractivity contribution is -0.129. The third kappa shape index (κ3) is 3.91. The number of nitrogens with one attached hydrogen (secondary N) is 3. The minimum atomic E-state index is -0.427. The lowest BCUT2D eigenvalue weighted by Crippen LogP contribution is -2.65. The molecule has 1 heterocycles. The number of aryl methyl sites for hydroxylation is 1. The van der Waals surface area contributed by atoms with Crippen molar-refractivity contribution in [2.45, 2.75) is 63.6 Å². The smallest absolute Gasteiger partial charge is 0.237 e. The molecule has 0 aromatic heterocycles. The molecule has 1 aliphatic heterocycles. The Morgan fingerprint density at radius 3 is 2.57 bits per heavy atom. The predicted octanol–water partition coefficient (Wildman–Crippen LogP) is 1.98. The minimum Gasteiger partial charge on any atom is -0.350 e. The van der Waals surface area contributed by atoms with Crippen molar-refractivity contribution in [1.29, 1.82) is 0 Å². The molecule has 1 aliphatic carbocycles.